The summed E-state index contributed by atoms with van der Waals surface area (Å²) in [6, 6.07) is 7.81. The highest BCUT2D eigenvalue weighted by Gasteiger charge is 2.43. The van der Waals surface area contributed by atoms with E-state index in [1.54, 1.807) is 31.3 Å². The molecule has 4 N–H and O–H groups in total. The molecule has 16 heteroatoms. The third-order valence-electron chi connectivity index (χ3n) is 15.8. The zero-order valence-corrected chi connectivity index (χ0v) is 45.7. The van der Waals surface area contributed by atoms with Crippen LogP contribution < -0.4 is 21.3 Å². The fourth-order valence-corrected chi connectivity index (χ4v) is 11.4. The Kier molecular flexibility index (Phi) is 18.3. The number of hydrogen-bond donors (Lipinski definition) is 4. The van der Waals surface area contributed by atoms with Gasteiger partial charge in [0.15, 0.2) is 0 Å². The number of fused-ring (bicyclic) bond motifs is 4. The second-order valence-electron chi connectivity index (χ2n) is 22.9. The highest BCUT2D eigenvalue weighted by molar-refractivity contribution is 5.99. The molecular formula is C59H81N9O7. The van der Waals surface area contributed by atoms with E-state index < -0.39 is 89.2 Å². The largest absolute Gasteiger partial charge is 0.343 e. The summed E-state index contributed by atoms with van der Waals surface area (Å²) in [5.41, 5.74) is 1.90. The predicted octanol–water partition coefficient (Wildman–Crippen LogP) is 6.58. The zero-order valence-electron chi connectivity index (χ0n) is 45.7. The van der Waals surface area contributed by atoms with E-state index in [0.29, 0.717) is 25.7 Å². The second kappa shape index (κ2) is 24.4. The Morgan fingerprint density at radius 3 is 2.05 bits per heavy atom. The van der Waals surface area contributed by atoms with Gasteiger partial charge in [-0.2, -0.15) is 0 Å². The van der Waals surface area contributed by atoms with E-state index in [-0.39, 0.29) is 43.6 Å². The van der Waals surface area contributed by atoms with Crippen molar-refractivity contribution in [3.05, 3.63) is 90.9 Å². The fourth-order valence-electron chi connectivity index (χ4n) is 11.4. The van der Waals surface area contributed by atoms with Gasteiger partial charge in [-0.3, -0.25) is 38.5 Å². The van der Waals surface area contributed by atoms with Gasteiger partial charge in [0, 0.05) is 68.4 Å². The lowest BCUT2D eigenvalue weighted by molar-refractivity contribution is -0.153. The van der Waals surface area contributed by atoms with Crippen LogP contribution in [0.3, 0.4) is 0 Å². The van der Waals surface area contributed by atoms with E-state index in [1.165, 1.54) is 16.8 Å². The summed E-state index contributed by atoms with van der Waals surface area (Å²) < 4.78 is 2.10. The summed E-state index contributed by atoms with van der Waals surface area (Å²) in [6.07, 6.45) is 13.9. The molecule has 7 amide bonds. The lowest BCUT2D eigenvalue weighted by Crippen LogP contribution is -2.62. The molecular weight excluding hydrogens is 947 g/mol. The first-order valence-corrected chi connectivity index (χ1v) is 27.3. The minimum Gasteiger partial charge on any atom is -0.343 e. The molecule has 7 atom stereocenters. The van der Waals surface area contributed by atoms with E-state index in [2.05, 4.69) is 37.4 Å². The smallest absolute Gasteiger partial charge is 0.246 e. The van der Waals surface area contributed by atoms with Crippen LogP contribution in [0.5, 0.6) is 0 Å². The average Bonchev–Trinajstić information content (AvgIpc) is 3.77. The van der Waals surface area contributed by atoms with Crippen molar-refractivity contribution >= 4 is 63.0 Å². The highest BCUT2D eigenvalue weighted by Crippen LogP contribution is 2.32. The molecule has 1 aliphatic carbocycles. The van der Waals surface area contributed by atoms with Crippen molar-refractivity contribution in [3.63, 3.8) is 0 Å². The quantitative estimate of drug-likeness (QED) is 0.114. The monoisotopic (exact) mass is 1030 g/mol. The van der Waals surface area contributed by atoms with Gasteiger partial charge in [-0.05, 0) is 99.3 Å². The van der Waals surface area contributed by atoms with Crippen LogP contribution in [0.1, 0.15) is 124 Å². The first-order chi connectivity index (χ1) is 35.7. The number of aromatic nitrogens is 2. The SMILES string of the molecule is C=CC(C)(C)n1cc(C[C@@H]2NC(=O)[C@H](CC3CCCCC3)NC(=O)[C@H](CC(C)C)N3CCC[C@@H](C3=O)N(C)C(=O)[C@H](C)NC(=O)[C@H](Cc3ccc4cnccc4c3)NC(=O)[C@H](CC(C)C)N(C)C2=O)c2ccccc21. The Morgan fingerprint density at radius 1 is 0.693 bits per heavy atom. The van der Waals surface area contributed by atoms with Crippen LogP contribution in [0.15, 0.2) is 79.8 Å². The molecule has 2 bridgehead atoms. The van der Waals surface area contributed by atoms with Gasteiger partial charge < -0.3 is 40.5 Å². The molecule has 2 saturated heterocycles. The maximum absolute atomic E-state index is 15.6. The van der Waals surface area contributed by atoms with Crippen LogP contribution in [0.4, 0.5) is 0 Å². The lowest BCUT2D eigenvalue weighted by Gasteiger charge is -2.41. The molecule has 75 heavy (non-hydrogen) atoms. The maximum Gasteiger partial charge on any atom is 0.246 e. The number of benzene rings is 2. The summed E-state index contributed by atoms with van der Waals surface area (Å²) in [6.45, 7) is 17.8. The number of nitrogens with one attached hydrogen (secondary N) is 4. The average molecular weight is 1030 g/mol. The molecule has 404 valence electrons. The number of pyridine rings is 1. The van der Waals surface area contributed by atoms with Crippen molar-refractivity contribution in [2.75, 3.05) is 20.6 Å². The topological polar surface area (TPSA) is 195 Å². The molecule has 2 aliphatic heterocycles. The Morgan fingerprint density at radius 2 is 1.35 bits per heavy atom. The summed E-state index contributed by atoms with van der Waals surface area (Å²) in [5, 5.41) is 14.8. The van der Waals surface area contributed by atoms with E-state index in [1.807, 2.05) is 102 Å². The molecule has 0 spiro atoms. The number of rotatable bonds is 12. The van der Waals surface area contributed by atoms with E-state index in [0.717, 1.165) is 64.9 Å². The molecule has 2 aromatic heterocycles. The standard InChI is InChI=1S/C59H81N9O7/c1-11-59(7,8)68-35-43(44-20-15-16-21-48(44)68)33-47-57(74)66(10)50(28-36(2)3)54(71)62-46(32-40-23-24-42-34-60-26-25-41(42)30-40)52(69)61-38(6)56(73)65(9)49-22-17-27-67(58(49)75)51(29-37(4)5)55(72)63-45(53(70)64-47)31-39-18-13-12-14-19-39/h11,15-16,20-21,23-26,30,34-39,45-47,49-51H,1,12-14,17-19,22,27-29,31-33H2,2-10H3,(H,61,69)(H,62,71)(H,63,72)(H,64,70)/t38-,45-,46-,47-,49-,50-,51-/m0/s1. The van der Waals surface area contributed by atoms with Crippen molar-refractivity contribution in [1.29, 1.82) is 0 Å². The summed E-state index contributed by atoms with van der Waals surface area (Å²) in [4.78, 5) is 113. The van der Waals surface area contributed by atoms with Crippen LogP contribution >= 0.6 is 0 Å². The zero-order chi connectivity index (χ0) is 54.3. The number of likely N-dealkylation sites (N-methyl/N-ethyl adjacent to an activating group) is 2. The number of allylic oxidation sites excluding steroid dienone is 1. The van der Waals surface area contributed by atoms with Gasteiger partial charge in [-0.15, -0.1) is 6.58 Å². The Balaban J connectivity index is 1.35. The van der Waals surface area contributed by atoms with Crippen LogP contribution in [0.25, 0.3) is 21.7 Å². The summed E-state index contributed by atoms with van der Waals surface area (Å²) in [7, 11) is 3.09. The molecule has 4 aromatic rings. The van der Waals surface area contributed by atoms with Gasteiger partial charge in [-0.1, -0.05) is 102 Å². The van der Waals surface area contributed by atoms with Gasteiger partial charge in [0.25, 0.3) is 0 Å². The Bertz CT molecular complexity index is 2740. The second-order valence-corrected chi connectivity index (χ2v) is 22.9. The summed E-state index contributed by atoms with van der Waals surface area (Å²) >= 11 is 0. The first-order valence-electron chi connectivity index (χ1n) is 27.3. The normalized spacial score (nSPS) is 24.8. The van der Waals surface area contributed by atoms with Crippen molar-refractivity contribution < 1.29 is 33.6 Å². The lowest BCUT2D eigenvalue weighted by atomic mass is 9.84. The number of piperidine rings is 1. The van der Waals surface area contributed by atoms with Crippen LogP contribution in [0.2, 0.25) is 0 Å². The van der Waals surface area contributed by atoms with Crippen LogP contribution in [-0.4, -0.2) is 129 Å². The van der Waals surface area contributed by atoms with Crippen LogP contribution in [0, 0.1) is 17.8 Å². The number of nitrogens with zero attached hydrogens (tertiary/aromatic N) is 5. The molecule has 16 nitrogen and oxygen atoms in total. The molecule has 4 heterocycles. The summed E-state index contributed by atoms with van der Waals surface area (Å²) in [5.74, 6) is -3.68. The predicted molar refractivity (Wildman–Crippen MR) is 292 cm³/mol. The Hall–Kier alpha value is -6.58. The molecule has 0 unspecified atom stereocenters. The van der Waals surface area contributed by atoms with Gasteiger partial charge in [0.2, 0.25) is 41.4 Å². The van der Waals surface area contributed by atoms with Gasteiger partial charge in [-0.25, -0.2) is 0 Å². The van der Waals surface area contributed by atoms with Crippen LogP contribution in [-0.2, 0) is 51.9 Å². The van der Waals surface area contributed by atoms with Crippen molar-refractivity contribution in [2.24, 2.45) is 17.8 Å². The molecule has 3 aliphatic rings. The van der Waals surface area contributed by atoms with Crippen molar-refractivity contribution in [1.82, 2.24) is 45.5 Å². The molecule has 3 fully saturated rings. The van der Waals surface area contributed by atoms with E-state index >= 15 is 14.4 Å². The number of amides is 7. The number of para-hydroxylation sites is 1. The molecule has 7 rings (SSSR count). The number of carbonyl (C=O) groups excluding carboxylic acids is 7. The third kappa shape index (κ3) is 13.3. The molecule has 2 aromatic carbocycles. The van der Waals surface area contributed by atoms with E-state index in [4.69, 9.17) is 0 Å². The highest BCUT2D eigenvalue weighted by atomic mass is 16.2. The number of carbonyl (C=O) groups is 7. The first kappa shape index (κ1) is 56.2. The third-order valence-corrected chi connectivity index (χ3v) is 15.8. The van der Waals surface area contributed by atoms with Gasteiger partial charge in [0.1, 0.15) is 42.3 Å². The van der Waals surface area contributed by atoms with Gasteiger partial charge >= 0.3 is 0 Å². The van der Waals surface area contributed by atoms with E-state index in [9.17, 15) is 19.2 Å². The minimum atomic E-state index is -1.22. The molecule has 1 saturated carbocycles. The fraction of sp³-hybridized carbons (Fsp3) is 0.559. The van der Waals surface area contributed by atoms with Gasteiger partial charge in [0.05, 0.1) is 5.54 Å². The minimum absolute atomic E-state index is 0.0241. The Labute approximate surface area is 443 Å². The van der Waals surface area contributed by atoms with Crippen molar-refractivity contribution in [3.8, 4) is 0 Å². The number of hydrogen-bond acceptors (Lipinski definition) is 8. The maximum atomic E-state index is 15.6. The molecule has 0 radical (unpaired) electrons. The van der Waals surface area contributed by atoms with Crippen molar-refractivity contribution in [2.45, 2.75) is 173 Å².